The van der Waals surface area contributed by atoms with E-state index in [1.54, 1.807) is 44.2 Å². The van der Waals surface area contributed by atoms with Crippen molar-refractivity contribution in [3.05, 3.63) is 48.0 Å². The number of urea groups is 1. The van der Waals surface area contributed by atoms with Crippen LogP contribution in [0.15, 0.2) is 57.2 Å². The van der Waals surface area contributed by atoms with Gasteiger partial charge in [-0.25, -0.2) is 45.5 Å². The zero-order chi connectivity index (χ0) is 23.8. The Hall–Kier alpha value is -2.56. The molecule has 0 atom stereocenters. The summed E-state index contributed by atoms with van der Waals surface area (Å²) in [4.78, 5) is 9.56. The molecule has 31 heavy (non-hydrogen) atoms. The van der Waals surface area contributed by atoms with Crippen LogP contribution < -0.4 is 26.1 Å². The third-order valence-electron chi connectivity index (χ3n) is 4.14. The predicted octanol–water partition coefficient (Wildman–Crippen LogP) is -0.314. The number of carbonyl (C=O) groups is 1. The Labute approximate surface area is 180 Å². The molecule has 0 aliphatic heterocycles. The van der Waals surface area contributed by atoms with Gasteiger partial charge in [-0.05, 0) is 31.5 Å². The maximum Gasteiger partial charge on any atom is 0.319 e. The highest BCUT2D eigenvalue weighted by atomic mass is 32.2. The molecule has 15 heteroatoms. The summed E-state index contributed by atoms with van der Waals surface area (Å²) in [5.41, 5.74) is -0.817. The lowest BCUT2D eigenvalue weighted by molar-refractivity contribution is 0.242. The Kier molecular flexibility index (Phi) is 6.52. The zero-order valence-electron chi connectivity index (χ0n) is 16.4. The molecule has 0 radical (unpaired) electrons. The summed E-state index contributed by atoms with van der Waals surface area (Å²) in [6.45, 7) is 3.34. The van der Waals surface area contributed by atoms with Gasteiger partial charge in [-0.15, -0.1) is 0 Å². The fourth-order valence-corrected chi connectivity index (χ4v) is 5.40. The van der Waals surface area contributed by atoms with Gasteiger partial charge in [0.05, 0.1) is 11.2 Å². The lowest BCUT2D eigenvalue weighted by Gasteiger charge is -2.27. The number of sulfonamides is 3. The highest BCUT2D eigenvalue weighted by molar-refractivity contribution is 7.92. The van der Waals surface area contributed by atoms with E-state index in [-0.39, 0.29) is 0 Å². The van der Waals surface area contributed by atoms with Crippen molar-refractivity contribution >= 4 is 41.8 Å². The first kappa shape index (κ1) is 24.7. The first-order valence-electron chi connectivity index (χ1n) is 8.34. The Morgan fingerprint density at radius 1 is 0.774 bits per heavy atom. The topological polar surface area (TPSA) is 222 Å². The van der Waals surface area contributed by atoms with E-state index in [2.05, 4.69) is 10.6 Å². The van der Waals surface area contributed by atoms with Crippen molar-refractivity contribution < 1.29 is 30.0 Å². The zero-order valence-corrected chi connectivity index (χ0v) is 18.8. The fourth-order valence-electron chi connectivity index (χ4n) is 2.68. The molecule has 0 heterocycles. The Morgan fingerprint density at radius 2 is 1.23 bits per heavy atom. The predicted molar refractivity (Wildman–Crippen MR) is 112 cm³/mol. The van der Waals surface area contributed by atoms with Gasteiger partial charge in [0.15, 0.2) is 0 Å². The second kappa shape index (κ2) is 8.18. The molecule has 0 saturated carbocycles. The van der Waals surface area contributed by atoms with Crippen LogP contribution in [0.25, 0.3) is 0 Å². The third kappa shape index (κ3) is 5.99. The van der Waals surface area contributed by atoms with Crippen molar-refractivity contribution in [3.63, 3.8) is 0 Å². The number of carbonyl (C=O) groups excluding carboxylic acids is 1. The average Bonchev–Trinajstić information content (AvgIpc) is 2.59. The van der Waals surface area contributed by atoms with Crippen LogP contribution in [0.2, 0.25) is 0 Å². The monoisotopic (exact) mass is 491 g/mol. The van der Waals surface area contributed by atoms with Gasteiger partial charge in [0.1, 0.15) is 14.7 Å². The van der Waals surface area contributed by atoms with E-state index in [0.29, 0.717) is 17.7 Å². The van der Waals surface area contributed by atoms with Crippen molar-refractivity contribution in [1.82, 2.24) is 5.32 Å². The van der Waals surface area contributed by atoms with Crippen molar-refractivity contribution in [3.8, 4) is 0 Å². The van der Waals surface area contributed by atoms with Gasteiger partial charge >= 0.3 is 6.03 Å². The molecule has 8 N–H and O–H groups in total. The summed E-state index contributed by atoms with van der Waals surface area (Å²) in [5.74, 6) is 0. The SMILES string of the molecule is CC(C)(NC(=O)Nc1cc(S(N)(=O)=O)c(S(N)(=O)=O)cc1S(N)(=O)=O)c1ccccc1. The number of nitrogens with one attached hydrogen (secondary N) is 2. The van der Waals surface area contributed by atoms with E-state index >= 15 is 0 Å². The molecule has 12 nitrogen and oxygen atoms in total. The molecule has 0 aromatic heterocycles. The molecular weight excluding hydrogens is 470 g/mol. The van der Waals surface area contributed by atoms with Crippen molar-refractivity contribution in [2.75, 3.05) is 5.32 Å². The largest absolute Gasteiger partial charge is 0.329 e. The summed E-state index contributed by atoms with van der Waals surface area (Å²) in [6, 6.07) is 8.82. The van der Waals surface area contributed by atoms with E-state index in [9.17, 15) is 30.0 Å². The molecule has 0 bridgehead atoms. The van der Waals surface area contributed by atoms with Gasteiger partial charge < -0.3 is 10.6 Å². The highest BCUT2D eigenvalue weighted by Crippen LogP contribution is 2.30. The Morgan fingerprint density at radius 3 is 1.68 bits per heavy atom. The van der Waals surface area contributed by atoms with Crippen LogP contribution >= 0.6 is 0 Å². The van der Waals surface area contributed by atoms with E-state index in [4.69, 9.17) is 15.4 Å². The van der Waals surface area contributed by atoms with E-state index in [0.717, 1.165) is 0 Å². The molecule has 0 aliphatic carbocycles. The number of benzene rings is 2. The summed E-state index contributed by atoms with van der Waals surface area (Å²) in [7, 11) is -14.0. The van der Waals surface area contributed by atoms with Gasteiger partial charge in [-0.2, -0.15) is 0 Å². The lowest BCUT2D eigenvalue weighted by atomic mass is 9.95. The second-order valence-corrected chi connectivity index (χ2v) is 11.6. The van der Waals surface area contributed by atoms with Crippen LogP contribution in [0.3, 0.4) is 0 Å². The summed E-state index contributed by atoms with van der Waals surface area (Å²) >= 11 is 0. The minimum absolute atomic E-state index is 0.419. The minimum Gasteiger partial charge on any atom is -0.329 e. The number of amides is 2. The van der Waals surface area contributed by atoms with Crippen molar-refractivity contribution in [2.24, 2.45) is 15.4 Å². The van der Waals surface area contributed by atoms with Crippen LogP contribution in [0.5, 0.6) is 0 Å². The lowest BCUT2D eigenvalue weighted by Crippen LogP contribution is -2.43. The summed E-state index contributed by atoms with van der Waals surface area (Å²) < 4.78 is 71.2. The quantitative estimate of drug-likeness (QED) is 0.362. The molecular formula is C16H21N5O7S3. The smallest absolute Gasteiger partial charge is 0.319 e. The number of hydrogen-bond acceptors (Lipinski definition) is 7. The Balaban J connectivity index is 2.58. The summed E-state index contributed by atoms with van der Waals surface area (Å²) in [5, 5.41) is 19.9. The van der Waals surface area contributed by atoms with Crippen molar-refractivity contribution in [1.29, 1.82) is 0 Å². The molecule has 0 fully saturated rings. The molecule has 2 aromatic rings. The van der Waals surface area contributed by atoms with Gasteiger partial charge in [-0.3, -0.25) is 0 Å². The number of primary sulfonamides is 3. The van der Waals surface area contributed by atoms with Crippen LogP contribution in [0, 0.1) is 0 Å². The number of anilines is 1. The van der Waals surface area contributed by atoms with E-state index < -0.39 is 62.0 Å². The number of nitrogens with two attached hydrogens (primary N) is 3. The second-order valence-electron chi connectivity index (χ2n) is 7.00. The maximum absolute atomic E-state index is 12.5. The van der Waals surface area contributed by atoms with Crippen molar-refractivity contribution in [2.45, 2.75) is 34.1 Å². The van der Waals surface area contributed by atoms with E-state index in [1.807, 2.05) is 0 Å². The van der Waals surface area contributed by atoms with Gasteiger partial charge in [0.2, 0.25) is 30.1 Å². The Bertz CT molecular complexity index is 1340. The molecule has 0 aliphatic rings. The number of rotatable bonds is 6. The van der Waals surface area contributed by atoms with Gasteiger partial charge in [0.25, 0.3) is 0 Å². The molecule has 0 unspecified atom stereocenters. The molecule has 0 spiro atoms. The first-order chi connectivity index (χ1) is 13.9. The van der Waals surface area contributed by atoms with Crippen LogP contribution in [0.4, 0.5) is 10.5 Å². The average molecular weight is 492 g/mol. The molecule has 170 valence electrons. The molecule has 2 aromatic carbocycles. The normalized spacial score (nSPS) is 12.9. The van der Waals surface area contributed by atoms with Gasteiger partial charge in [-0.1, -0.05) is 30.3 Å². The highest BCUT2D eigenvalue weighted by Gasteiger charge is 2.29. The maximum atomic E-state index is 12.5. The van der Waals surface area contributed by atoms with Crippen LogP contribution in [0.1, 0.15) is 19.4 Å². The standard InChI is InChI=1S/C16H21N5O7S3/c1-16(2,10-6-4-3-5-7-10)21-15(22)20-11-8-13(30(18,25)26)14(31(19,27)28)9-12(11)29(17,23)24/h3-9H,1-2H3,(H2,17,23,24)(H2,18,25,26)(H2,19,27,28)(H2,20,21,22). The number of hydrogen-bond donors (Lipinski definition) is 5. The van der Waals surface area contributed by atoms with Crippen LogP contribution in [-0.2, 0) is 35.6 Å². The van der Waals surface area contributed by atoms with Gasteiger partial charge in [0, 0.05) is 0 Å². The minimum atomic E-state index is -4.72. The third-order valence-corrected chi connectivity index (χ3v) is 7.12. The van der Waals surface area contributed by atoms with E-state index in [1.165, 1.54) is 0 Å². The molecule has 0 saturated heterocycles. The fraction of sp³-hybridized carbons (Fsp3) is 0.188. The molecule has 2 rings (SSSR count). The van der Waals surface area contributed by atoms with Crippen LogP contribution in [-0.4, -0.2) is 31.3 Å². The molecule has 2 amide bonds. The first-order valence-corrected chi connectivity index (χ1v) is 13.0. The summed E-state index contributed by atoms with van der Waals surface area (Å²) in [6.07, 6.45) is 0.